The number of rotatable bonds is 3. The number of halogens is 2. The van der Waals surface area contributed by atoms with Gasteiger partial charge in [0.05, 0.1) is 5.56 Å². The highest BCUT2D eigenvalue weighted by Crippen LogP contribution is 2.17. The molecule has 0 radical (unpaired) electrons. The molecule has 0 aliphatic heterocycles. The van der Waals surface area contributed by atoms with Crippen molar-refractivity contribution in [2.75, 3.05) is 0 Å². The summed E-state index contributed by atoms with van der Waals surface area (Å²) < 4.78 is 35.6. The Hall–Kier alpha value is -2.31. The molecule has 2 aromatic rings. The van der Waals surface area contributed by atoms with E-state index in [1.165, 1.54) is 6.92 Å². The Morgan fingerprint density at radius 2 is 2.11 bits per heavy atom. The second-order valence-electron chi connectivity index (χ2n) is 3.86. The zero-order valence-corrected chi connectivity index (χ0v) is 10.2. The summed E-state index contributed by atoms with van der Waals surface area (Å²) >= 11 is 0. The van der Waals surface area contributed by atoms with Crippen molar-refractivity contribution >= 4 is 5.97 Å². The highest BCUT2D eigenvalue weighted by Gasteiger charge is 2.19. The molecule has 1 atom stereocenters. The first-order valence-electron chi connectivity index (χ1n) is 5.43. The molecule has 0 fully saturated rings. The third kappa shape index (κ3) is 2.93. The van der Waals surface area contributed by atoms with Gasteiger partial charge in [-0.1, -0.05) is 5.16 Å². The second-order valence-corrected chi connectivity index (χ2v) is 3.86. The lowest BCUT2D eigenvalue weighted by Gasteiger charge is -2.09. The number of hydrogen-bond acceptors (Lipinski definition) is 5. The summed E-state index contributed by atoms with van der Waals surface area (Å²) in [6.07, 6.45) is -0.776. The van der Waals surface area contributed by atoms with Crippen molar-refractivity contribution in [1.82, 2.24) is 10.1 Å². The van der Waals surface area contributed by atoms with Crippen LogP contribution in [0.2, 0.25) is 0 Å². The van der Waals surface area contributed by atoms with E-state index in [-0.39, 0.29) is 11.5 Å². The van der Waals surface area contributed by atoms with Gasteiger partial charge in [-0.3, -0.25) is 0 Å². The quantitative estimate of drug-likeness (QED) is 0.800. The molecule has 0 aliphatic rings. The van der Waals surface area contributed by atoms with Crippen LogP contribution in [0.1, 0.15) is 35.1 Å². The maximum Gasteiger partial charge on any atom is 0.339 e. The summed E-state index contributed by atoms with van der Waals surface area (Å²) in [5, 5.41) is 3.56. The highest BCUT2D eigenvalue weighted by atomic mass is 19.2. The van der Waals surface area contributed by atoms with E-state index in [4.69, 9.17) is 9.26 Å². The van der Waals surface area contributed by atoms with Gasteiger partial charge in [0.15, 0.2) is 23.6 Å². The van der Waals surface area contributed by atoms with Gasteiger partial charge in [0.2, 0.25) is 0 Å². The van der Waals surface area contributed by atoms with Gasteiger partial charge in [-0.05, 0) is 32.0 Å². The minimum absolute atomic E-state index is 0.0954. The van der Waals surface area contributed by atoms with Crippen LogP contribution >= 0.6 is 0 Å². The van der Waals surface area contributed by atoms with Crippen LogP contribution in [-0.4, -0.2) is 16.1 Å². The van der Waals surface area contributed by atoms with Crippen LogP contribution in [0.4, 0.5) is 8.78 Å². The molecule has 100 valence electrons. The number of carbonyl (C=O) groups excluding carboxylic acids is 1. The average Bonchev–Trinajstić information content (AvgIpc) is 2.79. The Balaban J connectivity index is 2.10. The molecule has 0 amide bonds. The number of nitrogens with zero attached hydrogens (tertiary/aromatic N) is 2. The summed E-state index contributed by atoms with van der Waals surface area (Å²) in [5.74, 6) is -2.41. The molecular weight excluding hydrogens is 258 g/mol. The maximum absolute atomic E-state index is 13.0. The van der Waals surface area contributed by atoms with Gasteiger partial charge in [-0.25, -0.2) is 13.6 Å². The molecule has 1 unspecified atom stereocenters. The Bertz CT molecular complexity index is 613. The molecule has 2 rings (SSSR count). The summed E-state index contributed by atoms with van der Waals surface area (Å²) in [5.41, 5.74) is -0.0954. The summed E-state index contributed by atoms with van der Waals surface area (Å²) in [4.78, 5) is 15.6. The van der Waals surface area contributed by atoms with Crippen LogP contribution in [0.3, 0.4) is 0 Å². The summed E-state index contributed by atoms with van der Waals surface area (Å²) in [6, 6.07) is 2.75. The molecule has 5 nitrogen and oxygen atoms in total. The number of esters is 1. The maximum atomic E-state index is 13.0. The van der Waals surface area contributed by atoms with Crippen LogP contribution < -0.4 is 0 Å². The number of ether oxygens (including phenoxy) is 1. The molecular formula is C12H10F2N2O3. The molecule has 1 heterocycles. The molecule has 0 bridgehead atoms. The van der Waals surface area contributed by atoms with E-state index in [0.717, 1.165) is 18.2 Å². The average molecular weight is 268 g/mol. The van der Waals surface area contributed by atoms with E-state index in [9.17, 15) is 13.6 Å². The molecule has 0 saturated carbocycles. The Labute approximate surface area is 107 Å². The normalized spacial score (nSPS) is 12.2. The Morgan fingerprint density at radius 1 is 1.37 bits per heavy atom. The van der Waals surface area contributed by atoms with Crippen molar-refractivity contribution in [3.8, 4) is 0 Å². The van der Waals surface area contributed by atoms with E-state index in [2.05, 4.69) is 10.1 Å². The van der Waals surface area contributed by atoms with Crippen LogP contribution in [-0.2, 0) is 4.74 Å². The minimum Gasteiger partial charge on any atom is -0.449 e. The van der Waals surface area contributed by atoms with Gasteiger partial charge >= 0.3 is 5.97 Å². The van der Waals surface area contributed by atoms with Crippen molar-refractivity contribution in [2.24, 2.45) is 0 Å². The number of carbonyl (C=O) groups is 1. The first-order chi connectivity index (χ1) is 8.97. The largest absolute Gasteiger partial charge is 0.449 e. The van der Waals surface area contributed by atoms with Gasteiger partial charge in [-0.2, -0.15) is 4.98 Å². The van der Waals surface area contributed by atoms with Crippen molar-refractivity contribution in [2.45, 2.75) is 20.0 Å². The first kappa shape index (κ1) is 13.1. The van der Waals surface area contributed by atoms with Gasteiger partial charge in [0, 0.05) is 0 Å². The zero-order valence-electron chi connectivity index (χ0n) is 10.2. The van der Waals surface area contributed by atoms with Gasteiger partial charge in [0.25, 0.3) is 5.89 Å². The highest BCUT2D eigenvalue weighted by molar-refractivity contribution is 5.89. The fraction of sp³-hybridized carbons (Fsp3) is 0.250. The number of aromatic nitrogens is 2. The van der Waals surface area contributed by atoms with E-state index in [1.807, 2.05) is 0 Å². The lowest BCUT2D eigenvalue weighted by Crippen LogP contribution is -2.10. The number of hydrogen-bond donors (Lipinski definition) is 0. The van der Waals surface area contributed by atoms with Crippen LogP contribution in [0, 0.1) is 18.6 Å². The molecule has 19 heavy (non-hydrogen) atoms. The fourth-order valence-electron chi connectivity index (χ4n) is 1.38. The molecule has 0 saturated heterocycles. The predicted octanol–water partition coefficient (Wildman–Crippen LogP) is 2.57. The lowest BCUT2D eigenvalue weighted by molar-refractivity contribution is 0.0265. The molecule has 1 aromatic carbocycles. The van der Waals surface area contributed by atoms with Crippen molar-refractivity contribution in [3.05, 3.63) is 47.1 Å². The minimum atomic E-state index is -1.12. The fourth-order valence-corrected chi connectivity index (χ4v) is 1.38. The first-order valence-corrected chi connectivity index (χ1v) is 5.43. The standard InChI is InChI=1S/C12H10F2N2O3/c1-6(11-15-7(2)16-19-11)18-12(17)8-3-4-9(13)10(14)5-8/h3-6H,1-2H3. The van der Waals surface area contributed by atoms with Crippen molar-refractivity contribution < 1.29 is 22.8 Å². The SMILES string of the molecule is Cc1noc(C(C)OC(=O)c2ccc(F)c(F)c2)n1. The van der Waals surface area contributed by atoms with Crippen molar-refractivity contribution in [1.29, 1.82) is 0 Å². The van der Waals surface area contributed by atoms with Gasteiger partial charge < -0.3 is 9.26 Å². The lowest BCUT2D eigenvalue weighted by atomic mass is 10.2. The van der Waals surface area contributed by atoms with Crippen LogP contribution in [0.25, 0.3) is 0 Å². The topological polar surface area (TPSA) is 65.2 Å². The summed E-state index contributed by atoms with van der Waals surface area (Å²) in [6.45, 7) is 3.15. The number of benzene rings is 1. The van der Waals surface area contributed by atoms with Gasteiger partial charge in [-0.15, -0.1) is 0 Å². The van der Waals surface area contributed by atoms with Crippen molar-refractivity contribution in [3.63, 3.8) is 0 Å². The molecule has 7 heteroatoms. The Kier molecular flexibility index (Phi) is 3.55. The monoisotopic (exact) mass is 268 g/mol. The molecule has 0 N–H and O–H groups in total. The van der Waals surface area contributed by atoms with E-state index in [0.29, 0.717) is 5.82 Å². The molecule has 0 aliphatic carbocycles. The molecule has 0 spiro atoms. The van der Waals surface area contributed by atoms with Crippen LogP contribution in [0.15, 0.2) is 22.7 Å². The van der Waals surface area contributed by atoms with E-state index < -0.39 is 23.7 Å². The smallest absolute Gasteiger partial charge is 0.339 e. The second kappa shape index (κ2) is 5.13. The predicted molar refractivity (Wildman–Crippen MR) is 59.2 cm³/mol. The Morgan fingerprint density at radius 3 is 2.68 bits per heavy atom. The summed E-state index contributed by atoms with van der Waals surface area (Å²) in [7, 11) is 0. The van der Waals surface area contributed by atoms with E-state index in [1.54, 1.807) is 6.92 Å². The van der Waals surface area contributed by atoms with Crippen LogP contribution in [0.5, 0.6) is 0 Å². The third-order valence-electron chi connectivity index (χ3n) is 2.33. The molecule has 1 aromatic heterocycles. The third-order valence-corrected chi connectivity index (χ3v) is 2.33. The van der Waals surface area contributed by atoms with Gasteiger partial charge in [0.1, 0.15) is 0 Å². The zero-order chi connectivity index (χ0) is 14.0. The van der Waals surface area contributed by atoms with E-state index >= 15 is 0 Å². The number of aryl methyl sites for hydroxylation is 1.